The number of nitrogens with zero attached hydrogens (tertiary/aromatic N) is 1. The van der Waals surface area contributed by atoms with Crippen molar-refractivity contribution < 1.29 is 19.1 Å². The van der Waals surface area contributed by atoms with E-state index in [1.54, 1.807) is 47.4 Å². The average Bonchev–Trinajstić information content (AvgIpc) is 2.81. The highest BCUT2D eigenvalue weighted by Crippen LogP contribution is 2.24. The first kappa shape index (κ1) is 24.0. The van der Waals surface area contributed by atoms with Crippen LogP contribution in [0.2, 0.25) is 5.02 Å². The number of rotatable bonds is 7. The van der Waals surface area contributed by atoms with E-state index in [0.717, 1.165) is 12.8 Å². The Balaban J connectivity index is 1.59. The van der Waals surface area contributed by atoms with Crippen molar-refractivity contribution in [2.45, 2.75) is 19.8 Å². The minimum Gasteiger partial charge on any atom is -0.494 e. The van der Waals surface area contributed by atoms with Crippen LogP contribution < -0.4 is 15.4 Å². The van der Waals surface area contributed by atoms with Gasteiger partial charge in [0.1, 0.15) is 5.75 Å². The Kier molecular flexibility index (Phi) is 8.84. The van der Waals surface area contributed by atoms with Crippen molar-refractivity contribution in [1.82, 2.24) is 10.2 Å². The number of carbonyl (C=O) groups is 2. The summed E-state index contributed by atoms with van der Waals surface area (Å²) in [5, 5.41) is 5.99. The van der Waals surface area contributed by atoms with Crippen molar-refractivity contribution in [2.75, 3.05) is 38.2 Å². The lowest BCUT2D eigenvalue weighted by Crippen LogP contribution is -2.40. The van der Waals surface area contributed by atoms with Crippen LogP contribution in [0.25, 0.3) is 0 Å². The number of thiocarbonyl (C=S) groups is 1. The summed E-state index contributed by atoms with van der Waals surface area (Å²) in [6, 6.07) is 11.8. The van der Waals surface area contributed by atoms with E-state index in [-0.39, 0.29) is 16.9 Å². The number of anilines is 1. The Morgan fingerprint density at radius 2 is 1.81 bits per heavy atom. The summed E-state index contributed by atoms with van der Waals surface area (Å²) in [6.07, 6.45) is 2.03. The molecule has 1 heterocycles. The zero-order chi connectivity index (χ0) is 22.9. The number of amides is 2. The average molecular weight is 476 g/mol. The van der Waals surface area contributed by atoms with Crippen LogP contribution in [0.15, 0.2) is 42.5 Å². The summed E-state index contributed by atoms with van der Waals surface area (Å²) in [5.74, 6) is 0.243. The second kappa shape index (κ2) is 11.8. The third-order valence-electron chi connectivity index (χ3n) is 4.87. The number of nitrogens with one attached hydrogen (secondary N) is 2. The molecule has 2 amide bonds. The second-order valence-corrected chi connectivity index (χ2v) is 8.05. The van der Waals surface area contributed by atoms with Crippen LogP contribution in [0.5, 0.6) is 5.75 Å². The highest BCUT2D eigenvalue weighted by atomic mass is 35.5. The molecule has 0 unspecified atom stereocenters. The molecular weight excluding hydrogens is 450 g/mol. The highest BCUT2D eigenvalue weighted by Gasteiger charge is 2.19. The van der Waals surface area contributed by atoms with Gasteiger partial charge in [-0.2, -0.15) is 0 Å². The number of ether oxygens (including phenoxy) is 2. The van der Waals surface area contributed by atoms with Gasteiger partial charge in [0.15, 0.2) is 5.11 Å². The molecule has 32 heavy (non-hydrogen) atoms. The van der Waals surface area contributed by atoms with Crippen LogP contribution in [0, 0.1) is 0 Å². The van der Waals surface area contributed by atoms with Gasteiger partial charge in [-0.05, 0) is 61.1 Å². The molecule has 0 atom stereocenters. The molecular formula is C23H26ClN3O4S. The van der Waals surface area contributed by atoms with Gasteiger partial charge in [0.25, 0.3) is 11.8 Å². The maximum atomic E-state index is 12.7. The normalized spacial score (nSPS) is 13.4. The fourth-order valence-electron chi connectivity index (χ4n) is 3.07. The minimum absolute atomic E-state index is 0.0798. The maximum absolute atomic E-state index is 12.7. The summed E-state index contributed by atoms with van der Waals surface area (Å²) >= 11 is 11.5. The minimum atomic E-state index is -0.362. The molecule has 1 saturated heterocycles. The summed E-state index contributed by atoms with van der Waals surface area (Å²) in [7, 11) is 0. The molecule has 0 aliphatic carbocycles. The molecule has 0 aromatic heterocycles. The van der Waals surface area contributed by atoms with Gasteiger partial charge in [-0.3, -0.25) is 14.9 Å². The van der Waals surface area contributed by atoms with E-state index >= 15 is 0 Å². The van der Waals surface area contributed by atoms with E-state index in [0.29, 0.717) is 60.5 Å². The van der Waals surface area contributed by atoms with Crippen LogP contribution in [0.3, 0.4) is 0 Å². The summed E-state index contributed by atoms with van der Waals surface area (Å²) < 4.78 is 10.9. The van der Waals surface area contributed by atoms with Gasteiger partial charge in [0.05, 0.1) is 30.5 Å². The van der Waals surface area contributed by atoms with Gasteiger partial charge in [-0.15, -0.1) is 0 Å². The molecule has 0 spiro atoms. The lowest BCUT2D eigenvalue weighted by atomic mass is 10.1. The van der Waals surface area contributed by atoms with Crippen LogP contribution >= 0.6 is 23.8 Å². The van der Waals surface area contributed by atoms with E-state index in [1.165, 1.54) is 0 Å². The molecule has 170 valence electrons. The molecule has 1 aliphatic heterocycles. The molecule has 2 N–H and O–H groups in total. The van der Waals surface area contributed by atoms with Crippen molar-refractivity contribution in [2.24, 2.45) is 0 Å². The molecule has 7 nitrogen and oxygen atoms in total. The van der Waals surface area contributed by atoms with E-state index in [4.69, 9.17) is 33.3 Å². The Morgan fingerprint density at radius 3 is 2.50 bits per heavy atom. The molecule has 0 bridgehead atoms. The van der Waals surface area contributed by atoms with Crippen LogP contribution in [-0.2, 0) is 4.74 Å². The predicted molar refractivity (Wildman–Crippen MR) is 129 cm³/mol. The van der Waals surface area contributed by atoms with Crippen molar-refractivity contribution in [3.05, 3.63) is 58.6 Å². The molecule has 0 radical (unpaired) electrons. The standard InChI is InChI=1S/C23H26ClN3O4S/c1-2-3-12-31-18-7-4-16(5-8-18)21(28)26-23(32)25-20-15-17(6-9-19(20)24)22(29)27-10-13-30-14-11-27/h4-9,15H,2-3,10-14H2,1H3,(H2,25,26,28,32). The number of hydrogen-bond acceptors (Lipinski definition) is 5. The van der Waals surface area contributed by atoms with E-state index in [1.807, 2.05) is 0 Å². The topological polar surface area (TPSA) is 79.9 Å². The van der Waals surface area contributed by atoms with Crippen LogP contribution in [0.4, 0.5) is 5.69 Å². The number of benzene rings is 2. The van der Waals surface area contributed by atoms with E-state index < -0.39 is 0 Å². The van der Waals surface area contributed by atoms with Crippen molar-refractivity contribution in [1.29, 1.82) is 0 Å². The van der Waals surface area contributed by atoms with Crippen LogP contribution in [-0.4, -0.2) is 54.7 Å². The number of unbranched alkanes of at least 4 members (excludes halogenated alkanes) is 1. The number of hydrogen-bond donors (Lipinski definition) is 2. The van der Waals surface area contributed by atoms with Crippen LogP contribution in [0.1, 0.15) is 40.5 Å². The van der Waals surface area contributed by atoms with Gasteiger partial charge >= 0.3 is 0 Å². The predicted octanol–water partition coefficient (Wildman–Crippen LogP) is 4.12. The first-order valence-corrected chi connectivity index (χ1v) is 11.3. The lowest BCUT2D eigenvalue weighted by molar-refractivity contribution is 0.0303. The fraction of sp³-hybridized carbons (Fsp3) is 0.348. The molecule has 2 aromatic rings. The first-order chi connectivity index (χ1) is 15.5. The second-order valence-electron chi connectivity index (χ2n) is 7.23. The Morgan fingerprint density at radius 1 is 1.12 bits per heavy atom. The first-order valence-electron chi connectivity index (χ1n) is 10.5. The van der Waals surface area contributed by atoms with Gasteiger partial charge in [-0.25, -0.2) is 0 Å². The quantitative estimate of drug-likeness (QED) is 0.463. The van der Waals surface area contributed by atoms with Crippen molar-refractivity contribution in [3.63, 3.8) is 0 Å². The summed E-state index contributed by atoms with van der Waals surface area (Å²) in [6.45, 7) is 4.87. The molecule has 1 fully saturated rings. The van der Waals surface area contributed by atoms with Crippen molar-refractivity contribution in [3.8, 4) is 5.75 Å². The zero-order valence-corrected chi connectivity index (χ0v) is 19.4. The SMILES string of the molecule is CCCCOc1ccc(C(=O)NC(=S)Nc2cc(C(=O)N3CCOCC3)ccc2Cl)cc1. The summed E-state index contributed by atoms with van der Waals surface area (Å²) in [5.41, 5.74) is 1.36. The van der Waals surface area contributed by atoms with E-state index in [9.17, 15) is 9.59 Å². The molecule has 3 rings (SSSR count). The molecule has 0 saturated carbocycles. The molecule has 9 heteroatoms. The Hall–Kier alpha value is -2.68. The van der Waals surface area contributed by atoms with Gasteiger partial charge in [0, 0.05) is 24.2 Å². The fourth-order valence-corrected chi connectivity index (χ4v) is 3.44. The van der Waals surface area contributed by atoms with E-state index in [2.05, 4.69) is 17.6 Å². The number of carbonyl (C=O) groups excluding carboxylic acids is 2. The van der Waals surface area contributed by atoms with Gasteiger partial charge in [-0.1, -0.05) is 24.9 Å². The highest BCUT2D eigenvalue weighted by molar-refractivity contribution is 7.80. The molecule has 1 aliphatic rings. The maximum Gasteiger partial charge on any atom is 0.257 e. The van der Waals surface area contributed by atoms with Gasteiger partial charge < -0.3 is 19.7 Å². The largest absolute Gasteiger partial charge is 0.494 e. The Bertz CT molecular complexity index is 962. The third kappa shape index (κ3) is 6.66. The third-order valence-corrected chi connectivity index (χ3v) is 5.40. The smallest absolute Gasteiger partial charge is 0.257 e. The monoisotopic (exact) mass is 475 g/mol. The number of morpholine rings is 1. The lowest BCUT2D eigenvalue weighted by Gasteiger charge is -2.27. The molecule has 2 aromatic carbocycles. The van der Waals surface area contributed by atoms with Gasteiger partial charge in [0.2, 0.25) is 0 Å². The van der Waals surface area contributed by atoms with Crippen molar-refractivity contribution >= 4 is 46.4 Å². The Labute approximate surface area is 198 Å². The number of halogens is 1. The zero-order valence-electron chi connectivity index (χ0n) is 17.9. The summed E-state index contributed by atoms with van der Waals surface area (Å²) in [4.78, 5) is 26.9.